The average Bonchev–Trinajstić information content (AvgIpc) is 2.88. The third-order valence-electron chi connectivity index (χ3n) is 2.70. The summed E-state index contributed by atoms with van der Waals surface area (Å²) in [5.74, 6) is -0.891. The van der Waals surface area contributed by atoms with Gasteiger partial charge in [0.1, 0.15) is 0 Å². The molecule has 0 aliphatic rings. The lowest BCUT2D eigenvalue weighted by molar-refractivity contribution is 0.0697. The van der Waals surface area contributed by atoms with Gasteiger partial charge in [0.05, 0.1) is 12.2 Å². The van der Waals surface area contributed by atoms with Crippen molar-refractivity contribution < 1.29 is 15.0 Å². The normalized spacial score (nSPS) is 10.6. The molecule has 0 fully saturated rings. The molecule has 0 radical (unpaired) electrons. The topological polar surface area (TPSA) is 69.6 Å². The number of thiophene rings is 1. The van der Waals surface area contributed by atoms with E-state index in [-0.39, 0.29) is 6.61 Å². The molecule has 100 valence electrons. The molecule has 1 heterocycles. The monoisotopic (exact) mass is 277 g/mol. The van der Waals surface area contributed by atoms with Gasteiger partial charge in [-0.1, -0.05) is 24.3 Å². The van der Waals surface area contributed by atoms with E-state index in [0.717, 1.165) is 16.0 Å². The van der Waals surface area contributed by atoms with Crippen LogP contribution in [0.2, 0.25) is 0 Å². The molecule has 0 atom stereocenters. The molecule has 0 saturated heterocycles. The number of hydrogen-bond acceptors (Lipinski definition) is 4. The van der Waals surface area contributed by atoms with Crippen LogP contribution in [-0.4, -0.2) is 16.2 Å². The van der Waals surface area contributed by atoms with E-state index >= 15 is 0 Å². The van der Waals surface area contributed by atoms with Crippen molar-refractivity contribution in [3.63, 3.8) is 0 Å². The summed E-state index contributed by atoms with van der Waals surface area (Å²) in [5, 5.41) is 22.8. The summed E-state index contributed by atoms with van der Waals surface area (Å²) >= 11 is 1.44. The van der Waals surface area contributed by atoms with E-state index in [1.807, 2.05) is 24.3 Å². The SMILES string of the molecule is O=C(O)c1csc(CNCc2cccc(CO)c2)c1. The van der Waals surface area contributed by atoms with Gasteiger partial charge in [-0.25, -0.2) is 4.79 Å². The van der Waals surface area contributed by atoms with E-state index in [4.69, 9.17) is 10.2 Å². The number of aromatic carboxylic acids is 1. The number of benzene rings is 1. The molecule has 0 aliphatic heterocycles. The van der Waals surface area contributed by atoms with Crippen molar-refractivity contribution in [1.82, 2.24) is 5.32 Å². The maximum absolute atomic E-state index is 10.7. The van der Waals surface area contributed by atoms with Crippen LogP contribution in [0.25, 0.3) is 0 Å². The molecular formula is C14H15NO3S. The molecule has 0 amide bonds. The van der Waals surface area contributed by atoms with E-state index in [0.29, 0.717) is 18.7 Å². The van der Waals surface area contributed by atoms with E-state index in [2.05, 4.69) is 5.32 Å². The molecule has 19 heavy (non-hydrogen) atoms. The van der Waals surface area contributed by atoms with Crippen LogP contribution < -0.4 is 5.32 Å². The van der Waals surface area contributed by atoms with Crippen molar-refractivity contribution >= 4 is 17.3 Å². The number of hydrogen-bond donors (Lipinski definition) is 3. The summed E-state index contributed by atoms with van der Waals surface area (Å²) in [5.41, 5.74) is 2.33. The van der Waals surface area contributed by atoms with Crippen LogP contribution in [0.3, 0.4) is 0 Å². The van der Waals surface area contributed by atoms with Crippen LogP contribution in [0.5, 0.6) is 0 Å². The van der Waals surface area contributed by atoms with Crippen LogP contribution in [-0.2, 0) is 19.7 Å². The van der Waals surface area contributed by atoms with Gasteiger partial charge in [-0.15, -0.1) is 11.3 Å². The summed E-state index contributed by atoms with van der Waals surface area (Å²) in [4.78, 5) is 11.7. The van der Waals surface area contributed by atoms with Gasteiger partial charge in [0.25, 0.3) is 0 Å². The smallest absolute Gasteiger partial charge is 0.336 e. The van der Waals surface area contributed by atoms with E-state index in [9.17, 15) is 4.79 Å². The van der Waals surface area contributed by atoms with Gasteiger partial charge >= 0.3 is 5.97 Å². The molecule has 1 aromatic heterocycles. The second-order valence-electron chi connectivity index (χ2n) is 4.19. The quantitative estimate of drug-likeness (QED) is 0.757. The van der Waals surface area contributed by atoms with Gasteiger partial charge in [-0.3, -0.25) is 0 Å². The minimum absolute atomic E-state index is 0.0424. The minimum atomic E-state index is -0.891. The predicted molar refractivity (Wildman–Crippen MR) is 74.2 cm³/mol. The van der Waals surface area contributed by atoms with E-state index in [1.54, 1.807) is 11.4 Å². The first-order valence-corrected chi connectivity index (χ1v) is 6.77. The zero-order chi connectivity index (χ0) is 13.7. The maximum atomic E-state index is 10.7. The average molecular weight is 277 g/mol. The van der Waals surface area contributed by atoms with Crippen LogP contribution in [0.15, 0.2) is 35.7 Å². The lowest BCUT2D eigenvalue weighted by atomic mass is 10.1. The fraction of sp³-hybridized carbons (Fsp3) is 0.214. The number of aliphatic hydroxyl groups is 1. The summed E-state index contributed by atoms with van der Waals surface area (Å²) in [6, 6.07) is 9.41. The van der Waals surface area contributed by atoms with Gasteiger partial charge < -0.3 is 15.5 Å². The molecule has 5 heteroatoms. The van der Waals surface area contributed by atoms with Crippen LogP contribution in [0, 0.1) is 0 Å². The molecular weight excluding hydrogens is 262 g/mol. The maximum Gasteiger partial charge on any atom is 0.336 e. The Labute approximate surface area is 115 Å². The number of carboxylic acid groups (broad SMARTS) is 1. The molecule has 4 nitrogen and oxygen atoms in total. The Bertz CT molecular complexity index is 565. The summed E-state index contributed by atoms with van der Waals surface area (Å²) in [6.07, 6.45) is 0. The Hall–Kier alpha value is -1.69. The summed E-state index contributed by atoms with van der Waals surface area (Å²) in [6.45, 7) is 1.37. The molecule has 3 N–H and O–H groups in total. The molecule has 0 spiro atoms. The number of nitrogens with one attached hydrogen (secondary N) is 1. The first-order chi connectivity index (χ1) is 9.19. The fourth-order valence-electron chi connectivity index (χ4n) is 1.75. The van der Waals surface area contributed by atoms with Gasteiger partial charge in [-0.2, -0.15) is 0 Å². The zero-order valence-electron chi connectivity index (χ0n) is 10.3. The second kappa shape index (κ2) is 6.47. The molecule has 0 bridgehead atoms. The largest absolute Gasteiger partial charge is 0.478 e. The molecule has 0 unspecified atom stereocenters. The number of carbonyl (C=O) groups is 1. The highest BCUT2D eigenvalue weighted by Crippen LogP contribution is 2.14. The van der Waals surface area contributed by atoms with Crippen molar-refractivity contribution in [2.24, 2.45) is 0 Å². The third kappa shape index (κ3) is 3.89. The Morgan fingerprint density at radius 1 is 1.21 bits per heavy atom. The second-order valence-corrected chi connectivity index (χ2v) is 5.18. The summed E-state index contributed by atoms with van der Waals surface area (Å²) in [7, 11) is 0. The Morgan fingerprint density at radius 2 is 2.00 bits per heavy atom. The van der Waals surface area contributed by atoms with Crippen molar-refractivity contribution in [1.29, 1.82) is 0 Å². The van der Waals surface area contributed by atoms with Gasteiger partial charge in [0.2, 0.25) is 0 Å². The molecule has 1 aromatic carbocycles. The molecule has 0 saturated carbocycles. The van der Waals surface area contributed by atoms with Gasteiger partial charge in [-0.05, 0) is 17.2 Å². The minimum Gasteiger partial charge on any atom is -0.478 e. The van der Waals surface area contributed by atoms with Crippen LogP contribution in [0.4, 0.5) is 0 Å². The highest BCUT2D eigenvalue weighted by molar-refractivity contribution is 7.10. The summed E-state index contributed by atoms with van der Waals surface area (Å²) < 4.78 is 0. The highest BCUT2D eigenvalue weighted by Gasteiger charge is 2.05. The Morgan fingerprint density at radius 3 is 2.68 bits per heavy atom. The molecule has 2 rings (SSSR count). The lowest BCUT2D eigenvalue weighted by Gasteiger charge is -2.05. The molecule has 2 aromatic rings. The van der Waals surface area contributed by atoms with Gasteiger partial charge in [0.15, 0.2) is 0 Å². The van der Waals surface area contributed by atoms with Crippen molar-refractivity contribution in [2.75, 3.05) is 0 Å². The van der Waals surface area contributed by atoms with Gasteiger partial charge in [0, 0.05) is 23.3 Å². The fourth-order valence-corrected chi connectivity index (χ4v) is 2.58. The van der Waals surface area contributed by atoms with E-state index in [1.165, 1.54) is 11.3 Å². The van der Waals surface area contributed by atoms with Crippen LogP contribution >= 0.6 is 11.3 Å². The number of carboxylic acids is 1. The number of aliphatic hydroxyl groups excluding tert-OH is 1. The Kier molecular flexibility index (Phi) is 4.68. The van der Waals surface area contributed by atoms with E-state index < -0.39 is 5.97 Å². The zero-order valence-corrected chi connectivity index (χ0v) is 11.1. The Balaban J connectivity index is 1.86. The first-order valence-electron chi connectivity index (χ1n) is 5.89. The van der Waals surface area contributed by atoms with Crippen LogP contribution in [0.1, 0.15) is 26.4 Å². The van der Waals surface area contributed by atoms with Crippen molar-refractivity contribution in [2.45, 2.75) is 19.7 Å². The third-order valence-corrected chi connectivity index (χ3v) is 3.64. The molecule has 0 aliphatic carbocycles. The van der Waals surface area contributed by atoms with Crippen molar-refractivity contribution in [3.05, 3.63) is 57.3 Å². The first kappa shape index (κ1) is 13.7. The number of rotatable bonds is 6. The lowest BCUT2D eigenvalue weighted by Crippen LogP contribution is -2.12. The van der Waals surface area contributed by atoms with Crippen molar-refractivity contribution in [3.8, 4) is 0 Å². The highest BCUT2D eigenvalue weighted by atomic mass is 32.1. The predicted octanol–water partition coefficient (Wildman–Crippen LogP) is 2.23. The standard InChI is InChI=1S/C14H15NO3S/c16-8-11-3-1-2-10(4-11)6-15-7-13-5-12(9-19-13)14(17)18/h1-5,9,15-16H,6-8H2,(H,17,18).